The van der Waals surface area contributed by atoms with E-state index in [0.717, 1.165) is 81.6 Å². The van der Waals surface area contributed by atoms with E-state index >= 15 is 0 Å². The number of piperidine rings is 2. The fourth-order valence-electron chi connectivity index (χ4n) is 6.88. The van der Waals surface area contributed by atoms with Crippen LogP contribution in [-0.4, -0.2) is 80.7 Å². The third kappa shape index (κ3) is 11.5. The van der Waals surface area contributed by atoms with Crippen molar-refractivity contribution in [3.8, 4) is 0 Å². The molecule has 49 heavy (non-hydrogen) atoms. The lowest BCUT2D eigenvalue weighted by Gasteiger charge is -2.35. The normalized spacial score (nSPS) is 17.6. The van der Waals surface area contributed by atoms with Gasteiger partial charge in [-0.15, -0.1) is 0 Å². The van der Waals surface area contributed by atoms with Crippen LogP contribution < -0.4 is 15.5 Å². The van der Waals surface area contributed by atoms with Crippen molar-refractivity contribution >= 4 is 41.3 Å². The highest BCUT2D eigenvalue weighted by atomic mass is 16.2. The van der Waals surface area contributed by atoms with Gasteiger partial charge < -0.3 is 25.3 Å². The second-order valence-corrected chi connectivity index (χ2v) is 14.2. The number of carbonyl (C=O) groups is 2. The second kappa shape index (κ2) is 19.1. The Morgan fingerprint density at radius 2 is 1.67 bits per heavy atom. The number of likely N-dealkylation sites (tertiary alicyclic amines) is 1. The van der Waals surface area contributed by atoms with Gasteiger partial charge in [-0.05, 0) is 121 Å². The molecule has 0 aliphatic carbocycles. The molecule has 2 amide bonds. The Bertz CT molecular complexity index is 1480. The molecule has 2 aliphatic heterocycles. The number of aliphatic imine (C=N–C) groups is 1. The summed E-state index contributed by atoms with van der Waals surface area (Å²) in [6.07, 6.45) is 21.5. The lowest BCUT2D eigenvalue weighted by atomic mass is 9.93. The van der Waals surface area contributed by atoms with Crippen LogP contribution in [0, 0.1) is 11.8 Å². The molecule has 8 nitrogen and oxygen atoms in total. The summed E-state index contributed by atoms with van der Waals surface area (Å²) >= 11 is 0. The van der Waals surface area contributed by atoms with Gasteiger partial charge in [0.2, 0.25) is 6.41 Å². The van der Waals surface area contributed by atoms with Crippen LogP contribution in [0.25, 0.3) is 0 Å². The van der Waals surface area contributed by atoms with Crippen molar-refractivity contribution in [2.75, 3.05) is 55.8 Å². The number of hydrogen-bond donors (Lipinski definition) is 2. The molecule has 4 rings (SSSR count). The zero-order valence-electron chi connectivity index (χ0n) is 30.6. The van der Waals surface area contributed by atoms with E-state index in [0.29, 0.717) is 35.2 Å². The maximum absolute atomic E-state index is 13.7. The Hall–Kier alpha value is -4.17. The van der Waals surface area contributed by atoms with E-state index in [1.54, 1.807) is 0 Å². The molecular formula is C41H58N6O2. The summed E-state index contributed by atoms with van der Waals surface area (Å²) in [5.41, 5.74) is 4.86. The lowest BCUT2D eigenvalue weighted by molar-refractivity contribution is -0.105. The summed E-state index contributed by atoms with van der Waals surface area (Å²) in [5, 5.41) is 6.50. The van der Waals surface area contributed by atoms with Crippen LogP contribution >= 0.6 is 0 Å². The van der Waals surface area contributed by atoms with Crippen LogP contribution in [0.5, 0.6) is 0 Å². The van der Waals surface area contributed by atoms with Crippen molar-refractivity contribution in [2.45, 2.75) is 78.3 Å². The molecule has 0 saturated carbocycles. The molecule has 0 aromatic heterocycles. The fourth-order valence-corrected chi connectivity index (χ4v) is 6.88. The molecule has 2 aromatic rings. The van der Waals surface area contributed by atoms with Gasteiger partial charge in [0.05, 0.1) is 11.4 Å². The summed E-state index contributed by atoms with van der Waals surface area (Å²) in [6, 6.07) is 12.4. The number of carbonyl (C=O) groups excluding carboxylic acids is 2. The largest absolute Gasteiger partial charge is 0.381 e. The van der Waals surface area contributed by atoms with Crippen molar-refractivity contribution in [3.05, 3.63) is 84.0 Å². The average Bonchev–Trinajstić information content (AvgIpc) is 3.09. The maximum atomic E-state index is 13.7. The molecule has 0 bridgehead atoms. The third-order valence-electron chi connectivity index (χ3n) is 9.73. The van der Waals surface area contributed by atoms with Gasteiger partial charge in [-0.25, -0.2) is 0 Å². The Labute approximate surface area is 295 Å². The topological polar surface area (TPSA) is 80.3 Å². The number of nitrogens with zero attached hydrogens (tertiary/aromatic N) is 4. The lowest BCUT2D eigenvalue weighted by Crippen LogP contribution is -2.44. The smallest absolute Gasteiger partial charge is 0.253 e. The van der Waals surface area contributed by atoms with Gasteiger partial charge in [-0.2, -0.15) is 0 Å². The number of amides is 2. The predicted molar refractivity (Wildman–Crippen MR) is 208 cm³/mol. The monoisotopic (exact) mass is 666 g/mol. The molecule has 2 aromatic carbocycles. The SMILES string of the molecule is C\C=C/C=C\C=C\CC1CCN(c2ccc(NC=O)c(C=Nc3cc(C(=O)N(C)C4CCN(C)CC4)ccc3NC(C)CC(C)C)c2)CC1. The number of anilines is 3. The Morgan fingerprint density at radius 3 is 2.37 bits per heavy atom. The fraction of sp³-hybridized carbons (Fsp3) is 0.488. The van der Waals surface area contributed by atoms with Gasteiger partial charge in [0, 0.05) is 60.9 Å². The molecule has 2 N–H and O–H groups in total. The Balaban J connectivity index is 1.55. The molecule has 2 saturated heterocycles. The maximum Gasteiger partial charge on any atom is 0.253 e. The Morgan fingerprint density at radius 1 is 0.959 bits per heavy atom. The van der Waals surface area contributed by atoms with Crippen LogP contribution in [-0.2, 0) is 4.79 Å². The highest BCUT2D eigenvalue weighted by Crippen LogP contribution is 2.32. The number of rotatable bonds is 15. The van der Waals surface area contributed by atoms with Crippen LogP contribution in [0.15, 0.2) is 77.8 Å². The van der Waals surface area contributed by atoms with Gasteiger partial charge >= 0.3 is 0 Å². The van der Waals surface area contributed by atoms with E-state index < -0.39 is 0 Å². The Kier molecular flexibility index (Phi) is 14.7. The average molecular weight is 667 g/mol. The first kappa shape index (κ1) is 37.6. The molecule has 1 unspecified atom stereocenters. The summed E-state index contributed by atoms with van der Waals surface area (Å²) in [4.78, 5) is 36.9. The minimum absolute atomic E-state index is 0.0158. The van der Waals surface area contributed by atoms with E-state index in [2.05, 4.69) is 84.7 Å². The van der Waals surface area contributed by atoms with E-state index in [4.69, 9.17) is 4.99 Å². The molecule has 2 aliphatic rings. The third-order valence-corrected chi connectivity index (χ3v) is 9.73. The van der Waals surface area contributed by atoms with Gasteiger partial charge in [0.25, 0.3) is 5.91 Å². The van der Waals surface area contributed by atoms with Crippen LogP contribution in [0.1, 0.15) is 82.1 Å². The van der Waals surface area contributed by atoms with Gasteiger partial charge in [0.15, 0.2) is 0 Å². The molecular weight excluding hydrogens is 608 g/mol. The van der Waals surface area contributed by atoms with Gasteiger partial charge in [-0.1, -0.05) is 50.3 Å². The number of hydrogen-bond acceptors (Lipinski definition) is 6. The van der Waals surface area contributed by atoms with Gasteiger partial charge in [0.1, 0.15) is 0 Å². The predicted octanol–water partition coefficient (Wildman–Crippen LogP) is 8.31. The molecule has 264 valence electrons. The molecule has 8 heteroatoms. The van der Waals surface area contributed by atoms with Crippen LogP contribution in [0.2, 0.25) is 0 Å². The van der Waals surface area contributed by atoms with E-state index in [9.17, 15) is 9.59 Å². The molecule has 2 heterocycles. The summed E-state index contributed by atoms with van der Waals surface area (Å²) < 4.78 is 0. The van der Waals surface area contributed by atoms with Crippen molar-refractivity contribution in [2.24, 2.45) is 16.8 Å². The highest BCUT2D eigenvalue weighted by Gasteiger charge is 2.25. The van der Waals surface area contributed by atoms with Crippen molar-refractivity contribution in [3.63, 3.8) is 0 Å². The zero-order valence-corrected chi connectivity index (χ0v) is 30.6. The number of allylic oxidation sites excluding steroid dienone is 6. The van der Waals surface area contributed by atoms with E-state index in [1.165, 1.54) is 0 Å². The number of benzene rings is 2. The molecule has 0 spiro atoms. The number of nitrogens with one attached hydrogen (secondary N) is 2. The minimum atomic E-state index is 0.0158. The van der Waals surface area contributed by atoms with Crippen molar-refractivity contribution < 1.29 is 9.59 Å². The summed E-state index contributed by atoms with van der Waals surface area (Å²) in [6.45, 7) is 12.6. The molecule has 1 atom stereocenters. The highest BCUT2D eigenvalue weighted by molar-refractivity contribution is 5.98. The van der Waals surface area contributed by atoms with Crippen LogP contribution in [0.3, 0.4) is 0 Å². The zero-order chi connectivity index (χ0) is 35.2. The first-order chi connectivity index (χ1) is 23.7. The first-order valence-corrected chi connectivity index (χ1v) is 18.1. The van der Waals surface area contributed by atoms with Crippen LogP contribution in [0.4, 0.5) is 22.7 Å². The van der Waals surface area contributed by atoms with E-state index in [1.807, 2.05) is 61.5 Å². The van der Waals surface area contributed by atoms with Crippen molar-refractivity contribution in [1.82, 2.24) is 9.80 Å². The van der Waals surface area contributed by atoms with Crippen molar-refractivity contribution in [1.29, 1.82) is 0 Å². The van der Waals surface area contributed by atoms with E-state index in [-0.39, 0.29) is 18.0 Å². The summed E-state index contributed by atoms with van der Waals surface area (Å²) in [5.74, 6) is 1.24. The van der Waals surface area contributed by atoms with Gasteiger partial charge in [-0.3, -0.25) is 14.6 Å². The quantitative estimate of drug-likeness (QED) is 0.114. The summed E-state index contributed by atoms with van der Waals surface area (Å²) in [7, 11) is 4.05. The second-order valence-electron chi connectivity index (χ2n) is 14.2. The first-order valence-electron chi connectivity index (χ1n) is 18.1. The molecule has 2 fully saturated rings. The minimum Gasteiger partial charge on any atom is -0.381 e. The molecule has 0 radical (unpaired) electrons. The standard InChI is InChI=1S/C41H58N6O2/c1-7-8-9-10-11-12-13-33-18-24-47(25-19-33)37-15-17-38(43-30-48)35(27-37)29-42-40-28-34(14-16-39(40)44-32(4)26-31(2)3)41(49)46(6)36-20-22-45(5)23-21-36/h7-12,14-17,27-33,36,44H,13,18-26H2,1-6H3,(H,43,48)/b8-7-,10-9-,12-11+,42-29?.